The second-order valence-corrected chi connectivity index (χ2v) is 6.84. The van der Waals surface area contributed by atoms with Gasteiger partial charge in [0.15, 0.2) is 0 Å². The van der Waals surface area contributed by atoms with E-state index in [-0.39, 0.29) is 18.1 Å². The van der Waals surface area contributed by atoms with Crippen LogP contribution in [0.4, 0.5) is 5.82 Å². The molecule has 23 heavy (non-hydrogen) atoms. The molecule has 7 heteroatoms. The number of fused-ring (bicyclic) bond motifs is 1. The Morgan fingerprint density at radius 1 is 1.39 bits per heavy atom. The third-order valence-corrected chi connectivity index (χ3v) is 5.41. The molecule has 2 aromatic heterocycles. The number of thiophene rings is 1. The quantitative estimate of drug-likeness (QED) is 0.837. The molecule has 0 aliphatic carbocycles. The van der Waals surface area contributed by atoms with E-state index in [1.54, 1.807) is 18.6 Å². The summed E-state index contributed by atoms with van der Waals surface area (Å²) in [5.41, 5.74) is 1.13. The van der Waals surface area contributed by atoms with Crippen molar-refractivity contribution in [3.63, 3.8) is 0 Å². The number of amides is 1. The van der Waals surface area contributed by atoms with Gasteiger partial charge in [-0.05, 0) is 23.9 Å². The zero-order chi connectivity index (χ0) is 15.8. The van der Waals surface area contributed by atoms with Crippen molar-refractivity contribution < 1.29 is 9.53 Å². The van der Waals surface area contributed by atoms with Gasteiger partial charge >= 0.3 is 0 Å². The number of hydrogen-bond acceptors (Lipinski definition) is 6. The molecular formula is C16H18N4O2S. The molecule has 2 saturated heterocycles. The number of ether oxygens (including phenoxy) is 1. The lowest BCUT2D eigenvalue weighted by Crippen LogP contribution is -2.51. The molecule has 0 bridgehead atoms. The van der Waals surface area contributed by atoms with Gasteiger partial charge in [-0.25, -0.2) is 4.98 Å². The van der Waals surface area contributed by atoms with E-state index in [2.05, 4.69) is 14.9 Å². The molecule has 0 spiro atoms. The average molecular weight is 330 g/mol. The first-order chi connectivity index (χ1) is 11.2. The Labute approximate surface area is 138 Å². The van der Waals surface area contributed by atoms with Crippen LogP contribution in [-0.4, -0.2) is 59.2 Å². The first-order valence-electron chi connectivity index (χ1n) is 7.71. The normalized spacial score (nSPS) is 23.9. The van der Waals surface area contributed by atoms with Crippen LogP contribution in [-0.2, 0) is 4.74 Å². The van der Waals surface area contributed by atoms with Crippen molar-refractivity contribution in [2.24, 2.45) is 0 Å². The number of likely N-dealkylation sites (tertiary alicyclic amines) is 1. The number of carbonyl (C=O) groups excluding carboxylic acids is 1. The van der Waals surface area contributed by atoms with E-state index < -0.39 is 0 Å². The number of aromatic nitrogens is 2. The van der Waals surface area contributed by atoms with E-state index in [0.29, 0.717) is 19.7 Å². The lowest BCUT2D eigenvalue weighted by atomic mass is 10.1. The van der Waals surface area contributed by atoms with Crippen LogP contribution in [0.15, 0.2) is 30.0 Å². The van der Waals surface area contributed by atoms with Crippen LogP contribution in [0.3, 0.4) is 0 Å². The van der Waals surface area contributed by atoms with Gasteiger partial charge in [0.25, 0.3) is 5.91 Å². The van der Waals surface area contributed by atoms with E-state index >= 15 is 0 Å². The fourth-order valence-corrected chi connectivity index (χ4v) is 4.14. The average Bonchev–Trinajstić information content (AvgIpc) is 3.20. The van der Waals surface area contributed by atoms with Crippen LogP contribution in [0.1, 0.15) is 15.2 Å². The predicted molar refractivity (Wildman–Crippen MR) is 87.9 cm³/mol. The zero-order valence-electron chi connectivity index (χ0n) is 12.9. The Morgan fingerprint density at radius 2 is 2.30 bits per heavy atom. The summed E-state index contributed by atoms with van der Waals surface area (Å²) in [7, 11) is 0. The maximum atomic E-state index is 12.7. The second-order valence-electron chi connectivity index (χ2n) is 5.93. The molecule has 0 aromatic carbocycles. The summed E-state index contributed by atoms with van der Waals surface area (Å²) < 4.78 is 5.89. The summed E-state index contributed by atoms with van der Waals surface area (Å²) in [4.78, 5) is 26.1. The standard InChI is InChI=1S/C16H18N4O2S/c1-11-6-14(23-10-11)16(21)19-8-12-13(9-19)22-5-4-20(12)15-7-17-2-3-18-15/h2-3,6-7,10,12-13H,4-5,8-9H2,1H3/t12-,13-/m0/s1. The van der Waals surface area contributed by atoms with Crippen molar-refractivity contribution in [3.8, 4) is 0 Å². The molecule has 4 heterocycles. The molecular weight excluding hydrogens is 312 g/mol. The first-order valence-corrected chi connectivity index (χ1v) is 8.59. The van der Waals surface area contributed by atoms with Crippen molar-refractivity contribution in [2.45, 2.75) is 19.1 Å². The number of aryl methyl sites for hydroxylation is 1. The zero-order valence-corrected chi connectivity index (χ0v) is 13.7. The molecule has 2 fully saturated rings. The topological polar surface area (TPSA) is 58.6 Å². The number of carbonyl (C=O) groups is 1. The fourth-order valence-electron chi connectivity index (χ4n) is 3.28. The molecule has 0 unspecified atom stereocenters. The highest BCUT2D eigenvalue weighted by Crippen LogP contribution is 2.28. The third-order valence-electron chi connectivity index (χ3n) is 4.37. The predicted octanol–water partition coefficient (Wildman–Crippen LogP) is 1.58. The molecule has 6 nitrogen and oxygen atoms in total. The number of morpholine rings is 1. The second kappa shape index (κ2) is 5.90. The van der Waals surface area contributed by atoms with Crippen LogP contribution in [0, 0.1) is 6.92 Å². The van der Waals surface area contributed by atoms with Crippen LogP contribution >= 0.6 is 11.3 Å². The van der Waals surface area contributed by atoms with Crippen LogP contribution in [0.5, 0.6) is 0 Å². The van der Waals surface area contributed by atoms with E-state index in [1.165, 1.54) is 11.3 Å². The minimum atomic E-state index is 0.0377. The largest absolute Gasteiger partial charge is 0.372 e. The van der Waals surface area contributed by atoms with Gasteiger partial charge in [-0.2, -0.15) is 0 Å². The molecule has 2 atom stereocenters. The van der Waals surface area contributed by atoms with Crippen LogP contribution in [0.2, 0.25) is 0 Å². The van der Waals surface area contributed by atoms with E-state index in [4.69, 9.17) is 4.74 Å². The van der Waals surface area contributed by atoms with Gasteiger partial charge in [0.2, 0.25) is 0 Å². The molecule has 1 amide bonds. The lowest BCUT2D eigenvalue weighted by molar-refractivity contribution is 0.0299. The maximum absolute atomic E-state index is 12.7. The van der Waals surface area contributed by atoms with Crippen molar-refractivity contribution in [3.05, 3.63) is 40.5 Å². The summed E-state index contributed by atoms with van der Waals surface area (Å²) in [6.07, 6.45) is 5.18. The number of hydrogen-bond donors (Lipinski definition) is 0. The van der Waals surface area contributed by atoms with Crippen molar-refractivity contribution in [2.75, 3.05) is 31.1 Å². The minimum absolute atomic E-state index is 0.0377. The Bertz CT molecular complexity index is 705. The smallest absolute Gasteiger partial charge is 0.264 e. The monoisotopic (exact) mass is 330 g/mol. The highest BCUT2D eigenvalue weighted by Gasteiger charge is 2.42. The number of anilines is 1. The highest BCUT2D eigenvalue weighted by molar-refractivity contribution is 7.12. The van der Waals surface area contributed by atoms with Crippen molar-refractivity contribution in [1.29, 1.82) is 0 Å². The van der Waals surface area contributed by atoms with Crippen LogP contribution < -0.4 is 4.90 Å². The van der Waals surface area contributed by atoms with Gasteiger partial charge in [0.1, 0.15) is 5.82 Å². The molecule has 2 aliphatic heterocycles. The highest BCUT2D eigenvalue weighted by atomic mass is 32.1. The first kappa shape index (κ1) is 14.6. The molecule has 2 aromatic rings. The minimum Gasteiger partial charge on any atom is -0.372 e. The fraction of sp³-hybridized carbons (Fsp3) is 0.438. The number of rotatable bonds is 2. The Hall–Kier alpha value is -1.99. The van der Waals surface area contributed by atoms with E-state index in [1.807, 2.05) is 23.3 Å². The van der Waals surface area contributed by atoms with Gasteiger partial charge in [-0.3, -0.25) is 9.78 Å². The van der Waals surface area contributed by atoms with Gasteiger partial charge in [0, 0.05) is 32.0 Å². The summed E-state index contributed by atoms with van der Waals surface area (Å²) in [5.74, 6) is 0.951. The summed E-state index contributed by atoms with van der Waals surface area (Å²) >= 11 is 1.51. The lowest BCUT2D eigenvalue weighted by Gasteiger charge is -2.37. The summed E-state index contributed by atoms with van der Waals surface area (Å²) in [6, 6.07) is 2.10. The van der Waals surface area contributed by atoms with Crippen molar-refractivity contribution >= 4 is 23.1 Å². The van der Waals surface area contributed by atoms with Gasteiger partial charge < -0.3 is 14.5 Å². The maximum Gasteiger partial charge on any atom is 0.264 e. The molecule has 120 valence electrons. The molecule has 0 N–H and O–H groups in total. The third kappa shape index (κ3) is 2.70. The molecule has 0 saturated carbocycles. The Kier molecular flexibility index (Phi) is 3.74. The van der Waals surface area contributed by atoms with Crippen LogP contribution in [0.25, 0.3) is 0 Å². The van der Waals surface area contributed by atoms with Gasteiger partial charge in [0.05, 0.1) is 29.8 Å². The molecule has 0 radical (unpaired) electrons. The Morgan fingerprint density at radius 3 is 3.04 bits per heavy atom. The Balaban J connectivity index is 1.54. The molecule has 2 aliphatic rings. The van der Waals surface area contributed by atoms with Gasteiger partial charge in [-0.1, -0.05) is 0 Å². The van der Waals surface area contributed by atoms with E-state index in [0.717, 1.165) is 22.8 Å². The van der Waals surface area contributed by atoms with E-state index in [9.17, 15) is 4.79 Å². The number of nitrogens with zero attached hydrogens (tertiary/aromatic N) is 4. The summed E-state index contributed by atoms with van der Waals surface area (Å²) in [5, 5.41) is 2.01. The summed E-state index contributed by atoms with van der Waals surface area (Å²) in [6.45, 7) is 4.74. The van der Waals surface area contributed by atoms with Gasteiger partial charge in [-0.15, -0.1) is 11.3 Å². The van der Waals surface area contributed by atoms with Crippen molar-refractivity contribution in [1.82, 2.24) is 14.9 Å². The molecule has 4 rings (SSSR count). The SMILES string of the molecule is Cc1csc(C(=O)N2C[C@@H]3OCCN(c4cnccn4)[C@H]3C2)c1.